The number of hydrogen-bond acceptors (Lipinski definition) is 1. The largest absolute Gasteiger partial charge is 0.303 e. The summed E-state index contributed by atoms with van der Waals surface area (Å²) >= 11 is 0. The maximum absolute atomic E-state index is 13.0. The number of likely N-dealkylation sites (tertiary alicyclic amines) is 1. The summed E-state index contributed by atoms with van der Waals surface area (Å²) in [6, 6.07) is 0. The van der Waals surface area contributed by atoms with E-state index in [-0.39, 0.29) is 12.8 Å². The fourth-order valence-electron chi connectivity index (χ4n) is 1.78. The van der Waals surface area contributed by atoms with E-state index in [1.165, 1.54) is 0 Å². The second kappa shape index (κ2) is 7.99. The first-order chi connectivity index (χ1) is 7.49. The SMILES string of the molecule is CC.CC(C)CCN1CCCC(F)(F)CC1. The van der Waals surface area contributed by atoms with E-state index in [1.54, 1.807) is 0 Å². The van der Waals surface area contributed by atoms with Gasteiger partial charge in [0.2, 0.25) is 5.92 Å². The zero-order chi connectivity index (χ0) is 12.6. The van der Waals surface area contributed by atoms with E-state index < -0.39 is 5.92 Å². The first kappa shape index (κ1) is 15.8. The van der Waals surface area contributed by atoms with E-state index in [0.717, 1.165) is 19.5 Å². The van der Waals surface area contributed by atoms with Gasteiger partial charge in [-0.2, -0.15) is 0 Å². The number of nitrogens with zero attached hydrogens (tertiary/aromatic N) is 1. The Morgan fingerprint density at radius 3 is 2.31 bits per heavy atom. The Balaban J connectivity index is 0.00000106. The molecule has 1 heterocycles. The highest BCUT2D eigenvalue weighted by Crippen LogP contribution is 2.27. The molecule has 1 saturated heterocycles. The van der Waals surface area contributed by atoms with Crippen LogP contribution in [0.1, 0.15) is 53.4 Å². The molecular formula is C13H27F2N. The van der Waals surface area contributed by atoms with Crippen molar-refractivity contribution >= 4 is 0 Å². The predicted molar refractivity (Wildman–Crippen MR) is 66.0 cm³/mol. The molecule has 0 N–H and O–H groups in total. The van der Waals surface area contributed by atoms with Gasteiger partial charge >= 0.3 is 0 Å². The molecule has 0 amide bonds. The van der Waals surface area contributed by atoms with Gasteiger partial charge in [0, 0.05) is 19.4 Å². The summed E-state index contributed by atoms with van der Waals surface area (Å²) in [4.78, 5) is 2.18. The van der Waals surface area contributed by atoms with Crippen LogP contribution in [0.3, 0.4) is 0 Å². The predicted octanol–water partition coefficient (Wildman–Crippen LogP) is 4.18. The van der Waals surface area contributed by atoms with Gasteiger partial charge in [0.15, 0.2) is 0 Å². The van der Waals surface area contributed by atoms with Crippen LogP contribution in [0, 0.1) is 5.92 Å². The molecule has 0 aromatic heterocycles. The third-order valence-electron chi connectivity index (χ3n) is 2.83. The van der Waals surface area contributed by atoms with E-state index in [9.17, 15) is 8.78 Å². The third-order valence-corrected chi connectivity index (χ3v) is 2.83. The minimum absolute atomic E-state index is 0.0467. The van der Waals surface area contributed by atoms with Crippen LogP contribution in [0.5, 0.6) is 0 Å². The lowest BCUT2D eigenvalue weighted by molar-refractivity contribution is -0.0131. The highest BCUT2D eigenvalue weighted by molar-refractivity contribution is 4.75. The normalized spacial score (nSPS) is 21.2. The molecule has 1 aliphatic heterocycles. The maximum atomic E-state index is 13.0. The summed E-state index contributed by atoms with van der Waals surface area (Å²) in [5.41, 5.74) is 0. The summed E-state index contributed by atoms with van der Waals surface area (Å²) in [5.74, 6) is -1.74. The standard InChI is InChI=1S/C11H21F2N.C2H6/c1-10(2)4-8-14-7-3-5-11(12,13)6-9-14;1-2/h10H,3-9H2,1-2H3;1-2H3. The van der Waals surface area contributed by atoms with Crippen LogP contribution in [0.2, 0.25) is 0 Å². The smallest absolute Gasteiger partial charge is 0.249 e. The molecule has 98 valence electrons. The van der Waals surface area contributed by atoms with Gasteiger partial charge in [0.05, 0.1) is 0 Å². The van der Waals surface area contributed by atoms with Gasteiger partial charge < -0.3 is 4.90 Å². The Morgan fingerprint density at radius 2 is 1.75 bits per heavy atom. The van der Waals surface area contributed by atoms with Crippen LogP contribution in [0.15, 0.2) is 0 Å². The van der Waals surface area contributed by atoms with Crippen molar-refractivity contribution in [2.75, 3.05) is 19.6 Å². The molecule has 0 bridgehead atoms. The Bertz CT molecular complexity index is 169. The van der Waals surface area contributed by atoms with Gasteiger partial charge in [-0.1, -0.05) is 27.7 Å². The quantitative estimate of drug-likeness (QED) is 0.709. The molecule has 1 fully saturated rings. The van der Waals surface area contributed by atoms with Crippen molar-refractivity contribution in [3.8, 4) is 0 Å². The lowest BCUT2D eigenvalue weighted by Crippen LogP contribution is -2.27. The summed E-state index contributed by atoms with van der Waals surface area (Å²) in [6.07, 6.45) is 1.88. The van der Waals surface area contributed by atoms with Crippen LogP contribution < -0.4 is 0 Å². The molecular weight excluding hydrogens is 208 g/mol. The van der Waals surface area contributed by atoms with Crippen LogP contribution in [0.4, 0.5) is 8.78 Å². The van der Waals surface area contributed by atoms with Crippen molar-refractivity contribution in [2.24, 2.45) is 5.92 Å². The highest BCUT2D eigenvalue weighted by atomic mass is 19.3. The van der Waals surface area contributed by atoms with Crippen molar-refractivity contribution in [1.29, 1.82) is 0 Å². The summed E-state index contributed by atoms with van der Waals surface area (Å²) in [5, 5.41) is 0. The summed E-state index contributed by atoms with van der Waals surface area (Å²) in [6.45, 7) is 10.7. The first-order valence-electron chi connectivity index (χ1n) is 6.60. The van der Waals surface area contributed by atoms with Crippen molar-refractivity contribution in [1.82, 2.24) is 4.90 Å². The van der Waals surface area contributed by atoms with E-state index in [1.807, 2.05) is 13.8 Å². The molecule has 0 atom stereocenters. The minimum Gasteiger partial charge on any atom is -0.303 e. The van der Waals surface area contributed by atoms with Gasteiger partial charge in [-0.15, -0.1) is 0 Å². The van der Waals surface area contributed by atoms with Crippen molar-refractivity contribution in [2.45, 2.75) is 59.3 Å². The van der Waals surface area contributed by atoms with Gasteiger partial charge in [-0.25, -0.2) is 8.78 Å². The molecule has 0 aliphatic carbocycles. The van der Waals surface area contributed by atoms with E-state index in [0.29, 0.717) is 18.9 Å². The molecule has 0 saturated carbocycles. The molecule has 0 unspecified atom stereocenters. The first-order valence-corrected chi connectivity index (χ1v) is 6.60. The van der Waals surface area contributed by atoms with Crippen LogP contribution in [0.25, 0.3) is 0 Å². The van der Waals surface area contributed by atoms with Crippen molar-refractivity contribution in [3.63, 3.8) is 0 Å². The molecule has 0 aromatic carbocycles. The molecule has 0 aromatic rings. The lowest BCUT2D eigenvalue weighted by Gasteiger charge is -2.20. The average Bonchev–Trinajstić information content (AvgIpc) is 2.40. The number of halogens is 2. The number of hydrogen-bond donors (Lipinski definition) is 0. The monoisotopic (exact) mass is 235 g/mol. The minimum atomic E-state index is -2.41. The summed E-state index contributed by atoms with van der Waals surface area (Å²) in [7, 11) is 0. The van der Waals surface area contributed by atoms with E-state index in [2.05, 4.69) is 18.7 Å². The van der Waals surface area contributed by atoms with Crippen molar-refractivity contribution in [3.05, 3.63) is 0 Å². The molecule has 3 heteroatoms. The third kappa shape index (κ3) is 7.15. The maximum Gasteiger partial charge on any atom is 0.249 e. The Labute approximate surface area is 99.2 Å². The number of alkyl halides is 2. The van der Waals surface area contributed by atoms with Crippen LogP contribution >= 0.6 is 0 Å². The average molecular weight is 235 g/mol. The zero-order valence-corrected chi connectivity index (χ0v) is 11.2. The van der Waals surface area contributed by atoms with E-state index >= 15 is 0 Å². The van der Waals surface area contributed by atoms with Crippen molar-refractivity contribution < 1.29 is 8.78 Å². The van der Waals surface area contributed by atoms with Gasteiger partial charge in [0.25, 0.3) is 0 Å². The topological polar surface area (TPSA) is 3.24 Å². The van der Waals surface area contributed by atoms with Crippen LogP contribution in [-0.2, 0) is 0 Å². The highest BCUT2D eigenvalue weighted by Gasteiger charge is 2.31. The molecule has 1 nitrogen and oxygen atoms in total. The van der Waals surface area contributed by atoms with Gasteiger partial charge in [-0.3, -0.25) is 0 Å². The summed E-state index contributed by atoms with van der Waals surface area (Å²) < 4.78 is 26.0. The molecule has 1 rings (SSSR count). The molecule has 16 heavy (non-hydrogen) atoms. The van der Waals surface area contributed by atoms with Gasteiger partial charge in [0.1, 0.15) is 0 Å². The molecule has 0 spiro atoms. The van der Waals surface area contributed by atoms with E-state index in [4.69, 9.17) is 0 Å². The fourth-order valence-corrected chi connectivity index (χ4v) is 1.78. The zero-order valence-electron chi connectivity index (χ0n) is 11.2. The second-order valence-electron chi connectivity index (χ2n) is 4.73. The Kier molecular flexibility index (Phi) is 7.90. The fraction of sp³-hybridized carbons (Fsp3) is 1.00. The van der Waals surface area contributed by atoms with Crippen LogP contribution in [-0.4, -0.2) is 30.5 Å². The van der Waals surface area contributed by atoms with Gasteiger partial charge in [-0.05, 0) is 31.8 Å². The molecule has 0 radical (unpaired) electrons. The Morgan fingerprint density at radius 1 is 1.12 bits per heavy atom. The second-order valence-corrected chi connectivity index (χ2v) is 4.73. The number of rotatable bonds is 3. The molecule has 1 aliphatic rings. The Hall–Kier alpha value is -0.180. The lowest BCUT2D eigenvalue weighted by atomic mass is 10.1.